The van der Waals surface area contributed by atoms with Gasteiger partial charge in [-0.3, -0.25) is 4.79 Å². The van der Waals surface area contributed by atoms with Gasteiger partial charge in [-0.05, 0) is 30.7 Å². The van der Waals surface area contributed by atoms with Gasteiger partial charge in [0.05, 0.1) is 6.04 Å². The van der Waals surface area contributed by atoms with Gasteiger partial charge in [-0.25, -0.2) is 4.39 Å². The summed E-state index contributed by atoms with van der Waals surface area (Å²) in [5, 5.41) is 0.309. The first-order chi connectivity index (χ1) is 6.02. The van der Waals surface area contributed by atoms with Crippen LogP contribution >= 0.6 is 11.6 Å². The minimum atomic E-state index is -0.844. The van der Waals surface area contributed by atoms with E-state index in [9.17, 15) is 9.18 Å². The normalized spacial score (nSPS) is 12.6. The van der Waals surface area contributed by atoms with Gasteiger partial charge in [0.2, 0.25) is 0 Å². The van der Waals surface area contributed by atoms with Gasteiger partial charge in [-0.15, -0.1) is 0 Å². The topological polar surface area (TPSA) is 43.1 Å². The number of ketones is 1. The first kappa shape index (κ1) is 10.2. The molecule has 0 aliphatic heterocycles. The summed E-state index contributed by atoms with van der Waals surface area (Å²) >= 11 is 5.74. The fraction of sp³-hybridized carbons (Fsp3) is 0.222. The van der Waals surface area contributed by atoms with Gasteiger partial charge >= 0.3 is 0 Å². The number of carbonyl (C=O) groups excluding carboxylic acids is 1. The van der Waals surface area contributed by atoms with Crippen molar-refractivity contribution in [3.05, 3.63) is 34.6 Å². The summed E-state index contributed by atoms with van der Waals surface area (Å²) in [6.45, 7) is 1.34. The summed E-state index contributed by atoms with van der Waals surface area (Å²) in [7, 11) is 0. The molecule has 13 heavy (non-hydrogen) atoms. The molecule has 1 atom stereocenters. The highest BCUT2D eigenvalue weighted by molar-refractivity contribution is 6.31. The van der Waals surface area contributed by atoms with Gasteiger partial charge in [0.15, 0.2) is 5.78 Å². The zero-order valence-corrected chi connectivity index (χ0v) is 7.81. The van der Waals surface area contributed by atoms with Crippen LogP contribution in [0.1, 0.15) is 18.5 Å². The third-order valence-corrected chi connectivity index (χ3v) is 2.08. The van der Waals surface area contributed by atoms with Crippen molar-refractivity contribution in [3.8, 4) is 0 Å². The Morgan fingerprint density at radius 2 is 2.23 bits per heavy atom. The molecule has 0 amide bonds. The second kappa shape index (κ2) is 3.85. The van der Waals surface area contributed by atoms with Gasteiger partial charge in [0.1, 0.15) is 5.82 Å². The first-order valence-corrected chi connectivity index (χ1v) is 4.11. The maximum atomic E-state index is 12.7. The fourth-order valence-electron chi connectivity index (χ4n) is 0.972. The lowest BCUT2D eigenvalue weighted by molar-refractivity contribution is -0.118. The predicted molar refractivity (Wildman–Crippen MR) is 49.0 cm³/mol. The average molecular weight is 202 g/mol. The predicted octanol–water partition coefficient (Wildman–Crippen LogP) is 2.07. The Morgan fingerprint density at radius 1 is 1.62 bits per heavy atom. The molecule has 1 aromatic rings. The molecule has 0 aliphatic rings. The van der Waals surface area contributed by atoms with Crippen LogP contribution in [0.5, 0.6) is 0 Å². The van der Waals surface area contributed by atoms with Crippen LogP contribution in [0.3, 0.4) is 0 Å². The Balaban J connectivity index is 3.12. The largest absolute Gasteiger partial charge is 0.318 e. The van der Waals surface area contributed by atoms with Crippen LogP contribution in [-0.2, 0) is 4.79 Å². The molecule has 4 heteroatoms. The molecule has 1 aromatic carbocycles. The summed E-state index contributed by atoms with van der Waals surface area (Å²) in [4.78, 5) is 10.9. The quantitative estimate of drug-likeness (QED) is 0.796. The maximum absolute atomic E-state index is 12.7. The number of halogens is 2. The summed E-state index contributed by atoms with van der Waals surface area (Å²) in [5.74, 6) is -0.691. The smallest absolute Gasteiger partial charge is 0.151 e. The van der Waals surface area contributed by atoms with E-state index >= 15 is 0 Å². The van der Waals surface area contributed by atoms with Crippen molar-refractivity contribution in [1.29, 1.82) is 0 Å². The average Bonchev–Trinajstić information content (AvgIpc) is 2.08. The zero-order chi connectivity index (χ0) is 10.0. The standard InChI is InChI=1S/C9H9ClFNO/c1-5(13)9(12)7-4-6(11)2-3-8(7)10/h2-4,9H,12H2,1H3. The molecular formula is C9H9ClFNO. The van der Waals surface area contributed by atoms with Crippen LogP contribution < -0.4 is 5.73 Å². The van der Waals surface area contributed by atoms with E-state index < -0.39 is 11.9 Å². The molecule has 0 saturated heterocycles. The number of carbonyl (C=O) groups is 1. The molecule has 70 valence electrons. The van der Waals surface area contributed by atoms with E-state index in [2.05, 4.69) is 0 Å². The van der Waals surface area contributed by atoms with Crippen molar-refractivity contribution < 1.29 is 9.18 Å². The van der Waals surface area contributed by atoms with E-state index in [0.29, 0.717) is 10.6 Å². The number of Topliss-reactive ketones (excluding diaryl/α,β-unsaturated/α-hetero) is 1. The second-order valence-corrected chi connectivity index (χ2v) is 3.16. The highest BCUT2D eigenvalue weighted by Crippen LogP contribution is 2.22. The van der Waals surface area contributed by atoms with Gasteiger partial charge < -0.3 is 5.73 Å². The van der Waals surface area contributed by atoms with E-state index in [4.69, 9.17) is 17.3 Å². The molecular weight excluding hydrogens is 193 g/mol. The summed E-state index contributed by atoms with van der Waals surface area (Å²) in [6.07, 6.45) is 0. The highest BCUT2D eigenvalue weighted by atomic mass is 35.5. The van der Waals surface area contributed by atoms with Crippen molar-refractivity contribution >= 4 is 17.4 Å². The Labute approximate surface area is 80.5 Å². The fourth-order valence-corrected chi connectivity index (χ4v) is 1.21. The van der Waals surface area contributed by atoms with Crippen LogP contribution in [-0.4, -0.2) is 5.78 Å². The SMILES string of the molecule is CC(=O)C(N)c1cc(F)ccc1Cl. The van der Waals surface area contributed by atoms with Crippen molar-refractivity contribution in [2.45, 2.75) is 13.0 Å². The van der Waals surface area contributed by atoms with Crippen molar-refractivity contribution in [1.82, 2.24) is 0 Å². The van der Waals surface area contributed by atoms with Gasteiger partial charge in [-0.1, -0.05) is 11.6 Å². The van der Waals surface area contributed by atoms with Crippen LogP contribution in [0.2, 0.25) is 5.02 Å². The third-order valence-electron chi connectivity index (χ3n) is 1.73. The summed E-state index contributed by atoms with van der Waals surface area (Å²) < 4.78 is 12.7. The third kappa shape index (κ3) is 2.26. The van der Waals surface area contributed by atoms with E-state index in [-0.39, 0.29) is 5.78 Å². The van der Waals surface area contributed by atoms with Gasteiger partial charge in [0.25, 0.3) is 0 Å². The lowest BCUT2D eigenvalue weighted by Gasteiger charge is -2.09. The maximum Gasteiger partial charge on any atom is 0.151 e. The molecule has 0 bridgehead atoms. The summed E-state index contributed by atoms with van der Waals surface area (Å²) in [6, 6.07) is 2.94. The van der Waals surface area contributed by atoms with Crippen LogP contribution in [0.15, 0.2) is 18.2 Å². The van der Waals surface area contributed by atoms with Gasteiger partial charge in [-0.2, -0.15) is 0 Å². The number of hydrogen-bond donors (Lipinski definition) is 1. The molecule has 2 nitrogen and oxygen atoms in total. The lowest BCUT2D eigenvalue weighted by atomic mass is 10.0. The van der Waals surface area contributed by atoms with Crippen molar-refractivity contribution in [2.24, 2.45) is 5.73 Å². The van der Waals surface area contributed by atoms with E-state index in [1.165, 1.54) is 25.1 Å². The zero-order valence-electron chi connectivity index (χ0n) is 7.05. The van der Waals surface area contributed by atoms with Crippen LogP contribution in [0, 0.1) is 5.82 Å². The van der Waals surface area contributed by atoms with Crippen molar-refractivity contribution in [3.63, 3.8) is 0 Å². The lowest BCUT2D eigenvalue weighted by Crippen LogP contribution is -2.19. The number of hydrogen-bond acceptors (Lipinski definition) is 2. The monoisotopic (exact) mass is 201 g/mol. The number of benzene rings is 1. The number of nitrogens with two attached hydrogens (primary N) is 1. The second-order valence-electron chi connectivity index (χ2n) is 2.75. The molecule has 0 saturated carbocycles. The van der Waals surface area contributed by atoms with Crippen molar-refractivity contribution in [2.75, 3.05) is 0 Å². The minimum Gasteiger partial charge on any atom is -0.318 e. The molecule has 0 aromatic heterocycles. The molecule has 0 heterocycles. The van der Waals surface area contributed by atoms with Crippen LogP contribution in [0.4, 0.5) is 4.39 Å². The Bertz CT molecular complexity index is 340. The molecule has 0 radical (unpaired) electrons. The number of rotatable bonds is 2. The Morgan fingerprint density at radius 3 is 2.77 bits per heavy atom. The van der Waals surface area contributed by atoms with E-state index in [0.717, 1.165) is 0 Å². The highest BCUT2D eigenvalue weighted by Gasteiger charge is 2.14. The Hall–Kier alpha value is -0.930. The van der Waals surface area contributed by atoms with E-state index in [1.807, 2.05) is 0 Å². The molecule has 0 spiro atoms. The molecule has 2 N–H and O–H groups in total. The van der Waals surface area contributed by atoms with Crippen LogP contribution in [0.25, 0.3) is 0 Å². The Kier molecular flexibility index (Phi) is 3.01. The van der Waals surface area contributed by atoms with Gasteiger partial charge in [0, 0.05) is 5.02 Å². The molecule has 1 unspecified atom stereocenters. The molecule has 1 rings (SSSR count). The molecule has 0 fully saturated rings. The summed E-state index contributed by atoms with van der Waals surface area (Å²) in [5.41, 5.74) is 5.83. The first-order valence-electron chi connectivity index (χ1n) is 3.73. The molecule has 0 aliphatic carbocycles. The van der Waals surface area contributed by atoms with E-state index in [1.54, 1.807) is 0 Å². The minimum absolute atomic E-state index is 0.243.